The summed E-state index contributed by atoms with van der Waals surface area (Å²) in [7, 11) is 0. The smallest absolute Gasteiger partial charge is 0.206 e. The molecule has 0 fully saturated rings. The lowest BCUT2D eigenvalue weighted by Gasteiger charge is -2.11. The predicted molar refractivity (Wildman–Crippen MR) is 75.1 cm³/mol. The zero-order valence-electron chi connectivity index (χ0n) is 10.8. The summed E-state index contributed by atoms with van der Waals surface area (Å²) in [6, 6.07) is 4.74. The van der Waals surface area contributed by atoms with E-state index in [9.17, 15) is 13.2 Å². The van der Waals surface area contributed by atoms with Crippen molar-refractivity contribution in [3.8, 4) is 5.69 Å². The summed E-state index contributed by atoms with van der Waals surface area (Å²) in [5.41, 5.74) is 6.00. The number of anilines is 1. The minimum Gasteiger partial charge on any atom is -0.369 e. The zero-order valence-corrected chi connectivity index (χ0v) is 11.5. The molecular formula is C14H9ClF3N3. The molecule has 0 aliphatic rings. The van der Waals surface area contributed by atoms with E-state index in [0.717, 1.165) is 16.7 Å². The van der Waals surface area contributed by atoms with Crippen molar-refractivity contribution in [3.05, 3.63) is 52.3 Å². The van der Waals surface area contributed by atoms with Crippen LogP contribution in [0.1, 0.15) is 5.56 Å². The molecule has 0 unspecified atom stereocenters. The fourth-order valence-corrected chi connectivity index (χ4v) is 2.33. The molecule has 0 spiro atoms. The van der Waals surface area contributed by atoms with Gasteiger partial charge in [0.2, 0.25) is 5.95 Å². The van der Waals surface area contributed by atoms with Crippen LogP contribution in [0.3, 0.4) is 0 Å². The number of hydrogen-bond acceptors (Lipinski definition) is 2. The summed E-state index contributed by atoms with van der Waals surface area (Å²) in [6.45, 7) is 1.50. The first kappa shape index (κ1) is 13.8. The standard InChI is InChI=1S/C14H9ClF3N3/c1-6-2-3-8(16)13(12(6)18)21-11-4-7(15)9(17)5-10(11)20-14(21)19/h2-5H,1H3,(H2,19,20). The number of halogens is 4. The van der Waals surface area contributed by atoms with E-state index in [2.05, 4.69) is 4.98 Å². The van der Waals surface area contributed by atoms with Crippen molar-refractivity contribution < 1.29 is 13.2 Å². The second-order valence-electron chi connectivity index (χ2n) is 4.59. The van der Waals surface area contributed by atoms with Gasteiger partial charge in [0.15, 0.2) is 5.82 Å². The van der Waals surface area contributed by atoms with Gasteiger partial charge in [-0.2, -0.15) is 0 Å². The lowest BCUT2D eigenvalue weighted by Crippen LogP contribution is -2.07. The molecule has 3 nitrogen and oxygen atoms in total. The number of nitrogens with two attached hydrogens (primary N) is 1. The summed E-state index contributed by atoms with van der Waals surface area (Å²) >= 11 is 5.72. The van der Waals surface area contributed by atoms with Crippen molar-refractivity contribution in [2.24, 2.45) is 0 Å². The van der Waals surface area contributed by atoms with Gasteiger partial charge in [0, 0.05) is 6.07 Å². The molecule has 7 heteroatoms. The summed E-state index contributed by atoms with van der Waals surface area (Å²) < 4.78 is 42.8. The van der Waals surface area contributed by atoms with E-state index < -0.39 is 17.5 Å². The number of imidazole rings is 1. The van der Waals surface area contributed by atoms with Crippen LogP contribution in [0.4, 0.5) is 19.1 Å². The fraction of sp³-hybridized carbons (Fsp3) is 0.0714. The highest BCUT2D eigenvalue weighted by molar-refractivity contribution is 6.31. The highest BCUT2D eigenvalue weighted by Gasteiger charge is 2.20. The minimum absolute atomic E-state index is 0.157. The van der Waals surface area contributed by atoms with Crippen LogP contribution >= 0.6 is 11.6 Å². The van der Waals surface area contributed by atoms with Gasteiger partial charge in [-0.3, -0.25) is 4.57 Å². The Kier molecular flexibility index (Phi) is 3.06. The normalized spacial score (nSPS) is 11.3. The molecule has 108 valence electrons. The summed E-state index contributed by atoms with van der Waals surface area (Å²) in [4.78, 5) is 3.91. The maximum Gasteiger partial charge on any atom is 0.206 e. The van der Waals surface area contributed by atoms with Gasteiger partial charge in [-0.25, -0.2) is 18.2 Å². The fourth-order valence-electron chi connectivity index (χ4n) is 2.17. The van der Waals surface area contributed by atoms with Crippen molar-refractivity contribution in [1.82, 2.24) is 9.55 Å². The van der Waals surface area contributed by atoms with E-state index in [1.54, 1.807) is 0 Å². The van der Waals surface area contributed by atoms with Gasteiger partial charge < -0.3 is 5.73 Å². The molecule has 0 amide bonds. The first-order valence-corrected chi connectivity index (χ1v) is 6.36. The summed E-state index contributed by atoms with van der Waals surface area (Å²) in [6.07, 6.45) is 0. The number of hydrogen-bond donors (Lipinski definition) is 1. The first-order valence-electron chi connectivity index (χ1n) is 5.98. The molecule has 2 aromatic carbocycles. The lowest BCUT2D eigenvalue weighted by molar-refractivity contribution is 0.566. The van der Waals surface area contributed by atoms with E-state index >= 15 is 0 Å². The van der Waals surface area contributed by atoms with Crippen molar-refractivity contribution in [2.45, 2.75) is 6.92 Å². The molecule has 1 heterocycles. The largest absolute Gasteiger partial charge is 0.369 e. The van der Waals surface area contributed by atoms with E-state index in [4.69, 9.17) is 17.3 Å². The van der Waals surface area contributed by atoms with Gasteiger partial charge in [-0.05, 0) is 24.6 Å². The van der Waals surface area contributed by atoms with Crippen LogP contribution in [0.5, 0.6) is 0 Å². The van der Waals surface area contributed by atoms with Gasteiger partial charge in [0.25, 0.3) is 0 Å². The number of aromatic nitrogens is 2. The molecule has 21 heavy (non-hydrogen) atoms. The molecule has 2 N–H and O–H groups in total. The Balaban J connectivity index is 2.43. The molecule has 0 bridgehead atoms. The molecule has 1 aromatic heterocycles. The van der Waals surface area contributed by atoms with Crippen LogP contribution in [-0.4, -0.2) is 9.55 Å². The number of rotatable bonds is 1. The monoisotopic (exact) mass is 311 g/mol. The van der Waals surface area contributed by atoms with Crippen molar-refractivity contribution in [1.29, 1.82) is 0 Å². The highest BCUT2D eigenvalue weighted by atomic mass is 35.5. The van der Waals surface area contributed by atoms with Crippen LogP contribution in [0, 0.1) is 24.4 Å². The van der Waals surface area contributed by atoms with Crippen molar-refractivity contribution in [3.63, 3.8) is 0 Å². The topological polar surface area (TPSA) is 43.8 Å². The van der Waals surface area contributed by atoms with Crippen molar-refractivity contribution >= 4 is 28.6 Å². The van der Waals surface area contributed by atoms with Crippen LogP contribution in [-0.2, 0) is 0 Å². The Hall–Kier alpha value is -2.21. The number of aryl methyl sites for hydroxylation is 1. The number of nitrogens with zero attached hydrogens (tertiary/aromatic N) is 2. The Morgan fingerprint density at radius 3 is 2.57 bits per heavy atom. The summed E-state index contributed by atoms with van der Waals surface area (Å²) in [5, 5.41) is -0.183. The number of fused-ring (bicyclic) bond motifs is 1. The quantitative estimate of drug-likeness (QED) is 0.738. The Bertz CT molecular complexity index is 874. The third-order valence-electron chi connectivity index (χ3n) is 3.21. The van der Waals surface area contributed by atoms with E-state index in [1.165, 1.54) is 19.1 Å². The van der Waals surface area contributed by atoms with Gasteiger partial charge in [0.05, 0.1) is 16.1 Å². The van der Waals surface area contributed by atoms with E-state index in [1.807, 2.05) is 0 Å². The maximum absolute atomic E-state index is 14.3. The lowest BCUT2D eigenvalue weighted by atomic mass is 10.2. The van der Waals surface area contributed by atoms with Gasteiger partial charge in [-0.1, -0.05) is 17.7 Å². The first-order chi connectivity index (χ1) is 9.90. The average molecular weight is 312 g/mol. The van der Waals surface area contributed by atoms with Crippen LogP contribution in [0.15, 0.2) is 24.3 Å². The van der Waals surface area contributed by atoms with Gasteiger partial charge in [0.1, 0.15) is 17.3 Å². The number of benzene rings is 2. The molecule has 0 aliphatic carbocycles. The predicted octanol–water partition coefficient (Wildman–Crippen LogP) is 3.99. The van der Waals surface area contributed by atoms with Gasteiger partial charge in [-0.15, -0.1) is 0 Å². The second-order valence-corrected chi connectivity index (χ2v) is 4.99. The molecule has 3 aromatic rings. The highest BCUT2D eigenvalue weighted by Crippen LogP contribution is 2.30. The third kappa shape index (κ3) is 2.03. The van der Waals surface area contributed by atoms with Crippen LogP contribution in [0.25, 0.3) is 16.7 Å². The van der Waals surface area contributed by atoms with Crippen LogP contribution in [0.2, 0.25) is 5.02 Å². The Morgan fingerprint density at radius 2 is 1.86 bits per heavy atom. The Morgan fingerprint density at radius 1 is 1.14 bits per heavy atom. The summed E-state index contributed by atoms with van der Waals surface area (Å²) in [5.74, 6) is -2.40. The molecule has 0 atom stereocenters. The van der Waals surface area contributed by atoms with Crippen LogP contribution < -0.4 is 5.73 Å². The maximum atomic E-state index is 14.3. The average Bonchev–Trinajstić information content (AvgIpc) is 2.72. The van der Waals surface area contributed by atoms with Gasteiger partial charge >= 0.3 is 0 Å². The molecule has 0 saturated heterocycles. The van der Waals surface area contributed by atoms with E-state index in [-0.39, 0.29) is 33.3 Å². The molecule has 0 aliphatic heterocycles. The molecule has 0 saturated carbocycles. The molecule has 0 radical (unpaired) electrons. The minimum atomic E-state index is -0.801. The molecular weight excluding hydrogens is 303 g/mol. The van der Waals surface area contributed by atoms with Crippen molar-refractivity contribution in [2.75, 3.05) is 5.73 Å². The second kappa shape index (κ2) is 4.66. The number of nitrogen functional groups attached to an aromatic ring is 1. The van der Waals surface area contributed by atoms with E-state index in [0.29, 0.717) is 0 Å². The zero-order chi connectivity index (χ0) is 15.3. The SMILES string of the molecule is Cc1ccc(F)c(-n2c(N)nc3cc(F)c(Cl)cc32)c1F. The molecule has 3 rings (SSSR count). The third-order valence-corrected chi connectivity index (χ3v) is 3.50. The Labute approximate surface area is 122 Å².